The number of anilines is 1. The first-order valence-electron chi connectivity index (χ1n) is 8.45. The van der Waals surface area contributed by atoms with Gasteiger partial charge in [0.05, 0.1) is 4.92 Å². The number of aromatic nitrogens is 1. The summed E-state index contributed by atoms with van der Waals surface area (Å²) in [5.41, 5.74) is 0.659. The molecule has 9 nitrogen and oxygen atoms in total. The molecule has 0 saturated heterocycles. The summed E-state index contributed by atoms with van der Waals surface area (Å²) >= 11 is 0. The van der Waals surface area contributed by atoms with Crippen LogP contribution in [0, 0.1) is 28.4 Å². The van der Waals surface area contributed by atoms with Gasteiger partial charge in [0.2, 0.25) is 5.88 Å². The van der Waals surface area contributed by atoms with Crippen LogP contribution in [0.3, 0.4) is 0 Å². The Morgan fingerprint density at radius 1 is 1.25 bits per heavy atom. The molecule has 0 unspecified atom stereocenters. The number of rotatable bonds is 7. The summed E-state index contributed by atoms with van der Waals surface area (Å²) in [4.78, 5) is 23.1. The van der Waals surface area contributed by atoms with Gasteiger partial charge in [-0.15, -0.1) is 0 Å². The molecule has 2 heterocycles. The van der Waals surface area contributed by atoms with Gasteiger partial charge in [0.15, 0.2) is 0 Å². The van der Waals surface area contributed by atoms with Gasteiger partial charge >= 0.3 is 0 Å². The van der Waals surface area contributed by atoms with Gasteiger partial charge in [0.25, 0.3) is 11.6 Å². The Kier molecular flexibility index (Phi) is 5.41. The van der Waals surface area contributed by atoms with E-state index in [4.69, 9.17) is 4.42 Å². The summed E-state index contributed by atoms with van der Waals surface area (Å²) in [5, 5.41) is 26.1. The fourth-order valence-corrected chi connectivity index (χ4v) is 2.80. The molecule has 2 N–H and O–H groups in total. The van der Waals surface area contributed by atoms with Crippen LogP contribution in [0.15, 0.2) is 53.2 Å². The number of nitrogens with zero attached hydrogens (tertiary/aromatic N) is 3. The number of amides is 1. The molecule has 0 bridgehead atoms. The smallest absolute Gasteiger partial charge is 0.292 e. The first-order valence-corrected chi connectivity index (χ1v) is 8.45. The molecule has 3 aromatic rings. The Labute approximate surface area is 160 Å². The zero-order valence-corrected chi connectivity index (χ0v) is 15.0. The van der Waals surface area contributed by atoms with Gasteiger partial charge in [-0.1, -0.05) is 12.1 Å². The van der Waals surface area contributed by atoms with Gasteiger partial charge in [0.1, 0.15) is 28.6 Å². The fraction of sp³-hybridized carbons (Fsp3) is 0.158. The second-order valence-corrected chi connectivity index (χ2v) is 5.87. The van der Waals surface area contributed by atoms with Gasteiger partial charge in [-0.2, -0.15) is 5.26 Å². The summed E-state index contributed by atoms with van der Waals surface area (Å²) in [6.07, 6.45) is 3.44. The number of furan rings is 1. The SMILES string of the molecule is Cc1oc(-n2cccc2)c(C#N)c1C(=O)NCCNc1ccccc1[N+](=O)[O-]. The van der Waals surface area contributed by atoms with Crippen molar-refractivity contribution in [2.75, 3.05) is 18.4 Å². The van der Waals surface area contributed by atoms with Crippen LogP contribution >= 0.6 is 0 Å². The third kappa shape index (κ3) is 3.71. The highest BCUT2D eigenvalue weighted by molar-refractivity contribution is 5.98. The largest absolute Gasteiger partial charge is 0.443 e. The highest BCUT2D eigenvalue weighted by Gasteiger charge is 2.24. The van der Waals surface area contributed by atoms with E-state index in [-0.39, 0.29) is 35.8 Å². The second kappa shape index (κ2) is 8.09. The summed E-state index contributed by atoms with van der Waals surface area (Å²) in [6, 6.07) is 11.9. The van der Waals surface area contributed by atoms with Crippen LogP contribution in [-0.2, 0) is 0 Å². The van der Waals surface area contributed by atoms with Crippen LogP contribution < -0.4 is 10.6 Å². The lowest BCUT2D eigenvalue weighted by molar-refractivity contribution is -0.384. The zero-order valence-electron chi connectivity index (χ0n) is 15.0. The molecule has 9 heteroatoms. The van der Waals surface area contributed by atoms with Crippen molar-refractivity contribution in [3.05, 3.63) is 75.8 Å². The number of carbonyl (C=O) groups excluding carboxylic acids is 1. The molecule has 28 heavy (non-hydrogen) atoms. The lowest BCUT2D eigenvalue weighted by atomic mass is 10.1. The number of benzene rings is 1. The van der Waals surface area contributed by atoms with E-state index in [0.29, 0.717) is 11.4 Å². The van der Waals surface area contributed by atoms with E-state index in [1.807, 2.05) is 6.07 Å². The molecule has 0 fully saturated rings. The second-order valence-electron chi connectivity index (χ2n) is 5.87. The van der Waals surface area contributed by atoms with Crippen molar-refractivity contribution in [2.45, 2.75) is 6.92 Å². The highest BCUT2D eigenvalue weighted by Crippen LogP contribution is 2.25. The Morgan fingerprint density at radius 2 is 1.96 bits per heavy atom. The number of nitrogens with one attached hydrogen (secondary N) is 2. The van der Waals surface area contributed by atoms with Gasteiger partial charge in [0, 0.05) is 31.5 Å². The fourth-order valence-electron chi connectivity index (χ4n) is 2.80. The van der Waals surface area contributed by atoms with Gasteiger partial charge < -0.3 is 15.1 Å². The monoisotopic (exact) mass is 379 g/mol. The Morgan fingerprint density at radius 3 is 2.64 bits per heavy atom. The minimum atomic E-state index is -0.474. The van der Waals surface area contributed by atoms with Crippen LogP contribution in [-0.4, -0.2) is 28.5 Å². The highest BCUT2D eigenvalue weighted by atomic mass is 16.6. The van der Waals surface area contributed by atoms with Crippen LogP contribution in [0.4, 0.5) is 11.4 Å². The molecular weight excluding hydrogens is 362 g/mol. The van der Waals surface area contributed by atoms with Crippen molar-refractivity contribution in [3.63, 3.8) is 0 Å². The van der Waals surface area contributed by atoms with Crippen molar-refractivity contribution in [1.82, 2.24) is 9.88 Å². The first-order chi connectivity index (χ1) is 13.5. The number of hydrogen-bond acceptors (Lipinski definition) is 6. The van der Waals surface area contributed by atoms with Crippen LogP contribution in [0.5, 0.6) is 0 Å². The maximum Gasteiger partial charge on any atom is 0.292 e. The summed E-state index contributed by atoms with van der Waals surface area (Å²) < 4.78 is 7.23. The van der Waals surface area contributed by atoms with Crippen molar-refractivity contribution >= 4 is 17.3 Å². The van der Waals surface area contributed by atoms with Crippen LogP contribution in [0.25, 0.3) is 5.88 Å². The predicted molar refractivity (Wildman–Crippen MR) is 101 cm³/mol. The van der Waals surface area contributed by atoms with E-state index < -0.39 is 10.8 Å². The van der Waals surface area contributed by atoms with Crippen LogP contribution in [0.2, 0.25) is 0 Å². The van der Waals surface area contributed by atoms with E-state index in [1.54, 1.807) is 54.2 Å². The molecule has 0 aliphatic carbocycles. The first kappa shape index (κ1) is 18.7. The topological polar surface area (TPSA) is 126 Å². The maximum absolute atomic E-state index is 12.5. The summed E-state index contributed by atoms with van der Waals surface area (Å²) in [5.74, 6) is 0.179. The molecule has 0 aliphatic heterocycles. The number of para-hydroxylation sites is 2. The van der Waals surface area contributed by atoms with Crippen molar-refractivity contribution in [3.8, 4) is 12.0 Å². The summed E-state index contributed by atoms with van der Waals surface area (Å²) in [7, 11) is 0. The summed E-state index contributed by atoms with van der Waals surface area (Å²) in [6.45, 7) is 2.10. The average Bonchev–Trinajstić information content (AvgIpc) is 3.32. The molecule has 142 valence electrons. The molecule has 0 atom stereocenters. The molecule has 0 radical (unpaired) electrons. The molecule has 3 rings (SSSR count). The third-order valence-electron chi connectivity index (χ3n) is 4.07. The van der Waals surface area contributed by atoms with Crippen molar-refractivity contribution < 1.29 is 14.1 Å². The maximum atomic E-state index is 12.5. The van der Waals surface area contributed by atoms with Crippen molar-refractivity contribution in [2.24, 2.45) is 0 Å². The normalized spacial score (nSPS) is 10.3. The van der Waals surface area contributed by atoms with Crippen LogP contribution in [0.1, 0.15) is 21.7 Å². The minimum absolute atomic E-state index is 0.0392. The number of nitro groups is 1. The molecule has 1 amide bonds. The quantitative estimate of drug-likeness (QED) is 0.369. The lowest BCUT2D eigenvalue weighted by Gasteiger charge is -2.08. The zero-order chi connectivity index (χ0) is 20.1. The van der Waals surface area contributed by atoms with Gasteiger partial charge in [-0.3, -0.25) is 19.5 Å². The van der Waals surface area contributed by atoms with Gasteiger partial charge in [-0.25, -0.2) is 0 Å². The average molecular weight is 379 g/mol. The van der Waals surface area contributed by atoms with E-state index in [2.05, 4.69) is 10.6 Å². The number of hydrogen-bond donors (Lipinski definition) is 2. The lowest BCUT2D eigenvalue weighted by Crippen LogP contribution is -2.29. The molecule has 0 spiro atoms. The van der Waals surface area contributed by atoms with Gasteiger partial charge in [-0.05, 0) is 25.1 Å². The third-order valence-corrected chi connectivity index (χ3v) is 4.07. The predicted octanol–water partition coefficient (Wildman–Crippen LogP) is 3.00. The van der Waals surface area contributed by atoms with E-state index in [1.165, 1.54) is 6.07 Å². The standard InChI is InChI=1S/C19H17N5O4/c1-13-17(14(12-20)19(28-13)23-10-4-5-11-23)18(25)22-9-8-21-15-6-2-3-7-16(15)24(26)27/h2-7,10-11,21H,8-9H2,1H3,(H,22,25). The molecule has 0 aliphatic rings. The van der Waals surface area contributed by atoms with E-state index in [9.17, 15) is 20.2 Å². The molecule has 0 saturated carbocycles. The Balaban J connectivity index is 1.67. The van der Waals surface area contributed by atoms with E-state index in [0.717, 1.165) is 0 Å². The molecular formula is C19H17N5O4. The Bertz CT molecular complexity index is 1050. The molecule has 1 aromatic carbocycles. The minimum Gasteiger partial charge on any atom is -0.443 e. The Hall–Kier alpha value is -4.06. The number of nitro benzene ring substituents is 1. The molecule has 2 aromatic heterocycles. The number of carbonyl (C=O) groups is 1. The number of nitriles is 1. The van der Waals surface area contributed by atoms with Crippen molar-refractivity contribution in [1.29, 1.82) is 5.26 Å². The number of aryl methyl sites for hydroxylation is 1. The van der Waals surface area contributed by atoms with E-state index >= 15 is 0 Å².